The molecule has 0 spiro atoms. The molecule has 62 valence electrons. The van der Waals surface area contributed by atoms with Crippen LogP contribution in [0.1, 0.15) is 27.2 Å². The highest BCUT2D eigenvalue weighted by atomic mass is 16.6. The van der Waals surface area contributed by atoms with Gasteiger partial charge in [0, 0.05) is 0 Å². The van der Waals surface area contributed by atoms with Crippen molar-refractivity contribution in [2.75, 3.05) is 6.54 Å². The van der Waals surface area contributed by atoms with E-state index in [1.165, 1.54) is 0 Å². The Morgan fingerprint density at radius 1 is 1.50 bits per heavy atom. The molecule has 3 nitrogen and oxygen atoms in total. The van der Waals surface area contributed by atoms with E-state index in [0.717, 1.165) is 13.0 Å². The van der Waals surface area contributed by atoms with Crippen molar-refractivity contribution in [3.8, 4) is 0 Å². The molecule has 0 aromatic heterocycles. The van der Waals surface area contributed by atoms with Crippen LogP contribution >= 0.6 is 0 Å². The summed E-state index contributed by atoms with van der Waals surface area (Å²) in [5, 5.41) is 11.8. The summed E-state index contributed by atoms with van der Waals surface area (Å²) in [6.45, 7) is 6.49. The van der Waals surface area contributed by atoms with Crippen molar-refractivity contribution in [1.29, 1.82) is 0 Å². The first-order valence-corrected chi connectivity index (χ1v) is 3.73. The summed E-state index contributed by atoms with van der Waals surface area (Å²) in [5.41, 5.74) is 0. The van der Waals surface area contributed by atoms with Crippen LogP contribution in [-0.2, 0) is 4.74 Å². The molecule has 0 aromatic rings. The fourth-order valence-corrected chi connectivity index (χ4v) is 0.691. The first-order chi connectivity index (χ1) is 4.66. The fourth-order valence-electron chi connectivity index (χ4n) is 0.691. The van der Waals surface area contributed by atoms with Gasteiger partial charge in [-0.1, -0.05) is 6.92 Å². The highest BCUT2D eigenvalue weighted by Gasteiger charge is 2.02. The fraction of sp³-hybridized carbons (Fsp3) is 1.00. The van der Waals surface area contributed by atoms with Gasteiger partial charge in [-0.2, -0.15) is 0 Å². The Labute approximate surface area is 62.4 Å². The Bertz CT molecular complexity index is 76.0. The van der Waals surface area contributed by atoms with Gasteiger partial charge in [-0.15, -0.1) is 0 Å². The molecule has 2 unspecified atom stereocenters. The van der Waals surface area contributed by atoms with Crippen LogP contribution in [0.4, 0.5) is 0 Å². The number of rotatable bonds is 5. The Morgan fingerprint density at radius 2 is 2.10 bits per heavy atom. The van der Waals surface area contributed by atoms with Crippen LogP contribution in [0.25, 0.3) is 0 Å². The van der Waals surface area contributed by atoms with Gasteiger partial charge in [0.1, 0.15) is 6.23 Å². The van der Waals surface area contributed by atoms with Crippen LogP contribution in [0.2, 0.25) is 0 Å². The summed E-state index contributed by atoms with van der Waals surface area (Å²) in [4.78, 5) is 0. The van der Waals surface area contributed by atoms with Crippen LogP contribution in [0.3, 0.4) is 0 Å². The van der Waals surface area contributed by atoms with E-state index in [0.29, 0.717) is 0 Å². The van der Waals surface area contributed by atoms with Gasteiger partial charge in [0.15, 0.2) is 6.29 Å². The van der Waals surface area contributed by atoms with Crippen molar-refractivity contribution >= 4 is 0 Å². The maximum absolute atomic E-state index is 8.76. The number of ether oxygens (including phenoxy) is 1. The zero-order chi connectivity index (χ0) is 7.98. The summed E-state index contributed by atoms with van der Waals surface area (Å²) < 4.78 is 5.00. The van der Waals surface area contributed by atoms with Crippen molar-refractivity contribution in [3.05, 3.63) is 0 Å². The third kappa shape index (κ3) is 6.01. The predicted molar refractivity (Wildman–Crippen MR) is 40.5 cm³/mol. The van der Waals surface area contributed by atoms with E-state index < -0.39 is 6.29 Å². The van der Waals surface area contributed by atoms with Crippen molar-refractivity contribution in [3.63, 3.8) is 0 Å². The lowest BCUT2D eigenvalue weighted by Crippen LogP contribution is -2.32. The highest BCUT2D eigenvalue weighted by Crippen LogP contribution is 1.90. The van der Waals surface area contributed by atoms with Crippen molar-refractivity contribution in [1.82, 2.24) is 5.32 Å². The second-order valence-corrected chi connectivity index (χ2v) is 2.33. The van der Waals surface area contributed by atoms with E-state index >= 15 is 0 Å². The zero-order valence-corrected chi connectivity index (χ0v) is 6.92. The molecule has 2 N–H and O–H groups in total. The maximum atomic E-state index is 8.76. The Morgan fingerprint density at radius 3 is 2.50 bits per heavy atom. The quantitative estimate of drug-likeness (QED) is 0.562. The van der Waals surface area contributed by atoms with E-state index in [9.17, 15) is 0 Å². The van der Waals surface area contributed by atoms with Crippen LogP contribution in [0, 0.1) is 0 Å². The van der Waals surface area contributed by atoms with Crippen molar-refractivity contribution < 1.29 is 9.84 Å². The smallest absolute Gasteiger partial charge is 0.153 e. The summed E-state index contributed by atoms with van der Waals surface area (Å²) in [6.07, 6.45) is 0.340. The Kier molecular flexibility index (Phi) is 5.58. The SMILES string of the molecule is CCCNC(C)OC(C)O. The van der Waals surface area contributed by atoms with Gasteiger partial charge >= 0.3 is 0 Å². The average molecular weight is 147 g/mol. The minimum Gasteiger partial charge on any atom is -0.368 e. The number of aliphatic hydroxyl groups is 1. The lowest BCUT2D eigenvalue weighted by Gasteiger charge is -2.15. The maximum Gasteiger partial charge on any atom is 0.153 e. The van der Waals surface area contributed by atoms with Gasteiger partial charge in [-0.25, -0.2) is 0 Å². The topological polar surface area (TPSA) is 41.5 Å². The van der Waals surface area contributed by atoms with Gasteiger partial charge in [0.05, 0.1) is 0 Å². The van der Waals surface area contributed by atoms with E-state index in [1.807, 2.05) is 6.92 Å². The van der Waals surface area contributed by atoms with Gasteiger partial charge in [-0.05, 0) is 26.8 Å². The summed E-state index contributed by atoms with van der Waals surface area (Å²) in [6, 6.07) is 0. The van der Waals surface area contributed by atoms with E-state index in [2.05, 4.69) is 12.2 Å². The molecule has 0 heterocycles. The summed E-state index contributed by atoms with van der Waals surface area (Å²) >= 11 is 0. The standard InChI is InChI=1S/C7H17NO2/c1-4-5-8-6(2)10-7(3)9/h6-9H,4-5H2,1-3H3. The van der Waals surface area contributed by atoms with E-state index in [-0.39, 0.29) is 6.23 Å². The molecule has 0 aliphatic carbocycles. The molecule has 10 heavy (non-hydrogen) atoms. The van der Waals surface area contributed by atoms with Gasteiger partial charge in [0.2, 0.25) is 0 Å². The van der Waals surface area contributed by atoms with E-state index in [1.54, 1.807) is 6.92 Å². The molecule has 3 heteroatoms. The molecule has 0 aliphatic heterocycles. The van der Waals surface area contributed by atoms with Crippen molar-refractivity contribution in [2.45, 2.75) is 39.7 Å². The number of nitrogens with one attached hydrogen (secondary N) is 1. The molecular formula is C7H17NO2. The molecule has 0 bridgehead atoms. The van der Waals surface area contributed by atoms with Gasteiger partial charge in [-0.3, -0.25) is 5.32 Å². The van der Waals surface area contributed by atoms with Crippen LogP contribution in [0.5, 0.6) is 0 Å². The molecule has 0 radical (unpaired) electrons. The minimum atomic E-state index is -0.681. The predicted octanol–water partition coefficient (Wildman–Crippen LogP) is 0.687. The minimum absolute atomic E-state index is 0.0556. The molecule has 2 atom stereocenters. The number of aliphatic hydroxyl groups excluding tert-OH is 1. The highest BCUT2D eigenvalue weighted by molar-refractivity contribution is 4.46. The number of hydrogen-bond donors (Lipinski definition) is 2. The molecule has 0 saturated carbocycles. The lowest BCUT2D eigenvalue weighted by molar-refractivity contribution is -0.127. The monoisotopic (exact) mass is 147 g/mol. The van der Waals surface area contributed by atoms with Crippen molar-refractivity contribution in [2.24, 2.45) is 0 Å². The largest absolute Gasteiger partial charge is 0.368 e. The zero-order valence-electron chi connectivity index (χ0n) is 6.92. The van der Waals surface area contributed by atoms with Crippen LogP contribution < -0.4 is 5.32 Å². The molecule has 0 aromatic carbocycles. The Hall–Kier alpha value is -0.120. The average Bonchev–Trinajstić information content (AvgIpc) is 1.82. The summed E-state index contributed by atoms with van der Waals surface area (Å²) in [5.74, 6) is 0. The van der Waals surface area contributed by atoms with E-state index in [4.69, 9.17) is 9.84 Å². The molecule has 0 amide bonds. The van der Waals surface area contributed by atoms with Gasteiger partial charge in [0.25, 0.3) is 0 Å². The molecule has 0 fully saturated rings. The lowest BCUT2D eigenvalue weighted by atomic mass is 10.4. The third-order valence-electron chi connectivity index (χ3n) is 1.08. The number of hydrogen-bond acceptors (Lipinski definition) is 3. The first kappa shape index (κ1) is 9.88. The third-order valence-corrected chi connectivity index (χ3v) is 1.08. The van der Waals surface area contributed by atoms with Gasteiger partial charge < -0.3 is 9.84 Å². The molecule has 0 rings (SSSR count). The summed E-state index contributed by atoms with van der Waals surface area (Å²) in [7, 11) is 0. The van der Waals surface area contributed by atoms with Crippen LogP contribution in [0.15, 0.2) is 0 Å². The molecule has 0 saturated heterocycles. The molecule has 0 aliphatic rings. The molecular weight excluding hydrogens is 130 g/mol. The van der Waals surface area contributed by atoms with Crippen LogP contribution in [-0.4, -0.2) is 24.2 Å². The normalized spacial score (nSPS) is 16.8. The second-order valence-electron chi connectivity index (χ2n) is 2.33. The second kappa shape index (κ2) is 5.65. The first-order valence-electron chi connectivity index (χ1n) is 3.73. The Balaban J connectivity index is 3.16.